The van der Waals surface area contributed by atoms with Crippen LogP contribution < -0.4 is 5.73 Å². The molecule has 1 aromatic rings. The molecule has 76 valence electrons. The van der Waals surface area contributed by atoms with Gasteiger partial charge in [0.2, 0.25) is 0 Å². The molecule has 2 rings (SSSR count). The molecule has 0 heterocycles. The molecule has 2 heteroatoms. The van der Waals surface area contributed by atoms with Crippen LogP contribution in [0.5, 0.6) is 0 Å². The maximum absolute atomic E-state index is 9.74. The molecule has 1 aliphatic rings. The molecule has 14 heavy (non-hydrogen) atoms. The maximum atomic E-state index is 9.74. The van der Waals surface area contributed by atoms with Crippen molar-refractivity contribution in [3.05, 3.63) is 35.9 Å². The lowest BCUT2D eigenvalue weighted by atomic mass is 10.1. The first-order valence-electron chi connectivity index (χ1n) is 5.26. The Morgan fingerprint density at radius 2 is 2.07 bits per heavy atom. The highest BCUT2D eigenvalue weighted by atomic mass is 16.3. The Kier molecular flexibility index (Phi) is 2.85. The maximum Gasteiger partial charge on any atom is 0.0586 e. The van der Waals surface area contributed by atoms with Crippen molar-refractivity contribution in [2.75, 3.05) is 6.54 Å². The van der Waals surface area contributed by atoms with Gasteiger partial charge in [0.15, 0.2) is 0 Å². The molecule has 3 N–H and O–H groups in total. The van der Waals surface area contributed by atoms with Crippen LogP contribution in [0.3, 0.4) is 0 Å². The van der Waals surface area contributed by atoms with Crippen molar-refractivity contribution in [2.45, 2.75) is 24.9 Å². The lowest BCUT2D eigenvalue weighted by Crippen LogP contribution is -2.16. The number of hydrogen-bond acceptors (Lipinski definition) is 2. The van der Waals surface area contributed by atoms with Crippen molar-refractivity contribution in [1.82, 2.24) is 0 Å². The molecule has 1 aliphatic carbocycles. The van der Waals surface area contributed by atoms with Crippen molar-refractivity contribution in [3.8, 4) is 0 Å². The third-order valence-corrected chi connectivity index (χ3v) is 3.02. The zero-order valence-electron chi connectivity index (χ0n) is 8.26. The second kappa shape index (κ2) is 4.11. The highest BCUT2D eigenvalue weighted by Gasteiger charge is 2.42. The topological polar surface area (TPSA) is 46.2 Å². The summed E-state index contributed by atoms with van der Waals surface area (Å²) in [6.07, 6.45) is 1.64. The average Bonchev–Trinajstić information content (AvgIpc) is 2.99. The van der Waals surface area contributed by atoms with Crippen molar-refractivity contribution >= 4 is 0 Å². The molecule has 0 radical (unpaired) electrons. The first-order chi connectivity index (χ1) is 6.83. The Bertz CT molecular complexity index is 286. The molecule has 0 bridgehead atoms. The summed E-state index contributed by atoms with van der Waals surface area (Å²) >= 11 is 0. The molecule has 0 aliphatic heterocycles. The number of benzene rings is 1. The largest absolute Gasteiger partial charge is 0.393 e. The van der Waals surface area contributed by atoms with E-state index in [0.717, 1.165) is 12.8 Å². The van der Waals surface area contributed by atoms with Crippen LogP contribution in [-0.4, -0.2) is 17.8 Å². The summed E-state index contributed by atoms with van der Waals surface area (Å²) in [5, 5.41) is 9.74. The van der Waals surface area contributed by atoms with Crippen LogP contribution in [0.15, 0.2) is 30.3 Å². The summed E-state index contributed by atoms with van der Waals surface area (Å²) in [4.78, 5) is 0. The molecule has 1 saturated carbocycles. The molecule has 0 amide bonds. The minimum absolute atomic E-state index is 0.204. The fraction of sp³-hybridized carbons (Fsp3) is 0.500. The molecule has 1 fully saturated rings. The van der Waals surface area contributed by atoms with E-state index in [1.165, 1.54) is 5.56 Å². The number of rotatable bonds is 4. The third-order valence-electron chi connectivity index (χ3n) is 3.02. The Morgan fingerprint density at radius 3 is 2.71 bits per heavy atom. The van der Waals surface area contributed by atoms with E-state index in [-0.39, 0.29) is 6.10 Å². The van der Waals surface area contributed by atoms with Gasteiger partial charge in [-0.05, 0) is 36.8 Å². The van der Waals surface area contributed by atoms with Gasteiger partial charge >= 0.3 is 0 Å². The first kappa shape index (κ1) is 9.69. The third kappa shape index (κ3) is 1.97. The molecule has 0 saturated heterocycles. The molecular formula is C12H17NO. The highest BCUT2D eigenvalue weighted by molar-refractivity contribution is 5.26. The molecule has 2 nitrogen and oxygen atoms in total. The SMILES string of the molecule is NCCC(O)C1CC1c1ccccc1. The first-order valence-corrected chi connectivity index (χ1v) is 5.26. The number of nitrogens with two attached hydrogens (primary N) is 1. The normalized spacial score (nSPS) is 27.3. The van der Waals surface area contributed by atoms with Crippen LogP contribution in [0.25, 0.3) is 0 Å². The van der Waals surface area contributed by atoms with E-state index < -0.39 is 0 Å². The predicted octanol–water partition coefficient (Wildman–Crippen LogP) is 1.50. The average molecular weight is 191 g/mol. The van der Waals surface area contributed by atoms with Gasteiger partial charge in [-0.1, -0.05) is 30.3 Å². The molecule has 3 atom stereocenters. The van der Waals surface area contributed by atoms with Gasteiger partial charge in [0.25, 0.3) is 0 Å². The molecule has 0 spiro atoms. The minimum Gasteiger partial charge on any atom is -0.393 e. The van der Waals surface area contributed by atoms with E-state index in [1.54, 1.807) is 0 Å². The van der Waals surface area contributed by atoms with E-state index in [9.17, 15) is 5.11 Å². The quantitative estimate of drug-likeness (QED) is 0.757. The van der Waals surface area contributed by atoms with Gasteiger partial charge in [0.1, 0.15) is 0 Å². The van der Waals surface area contributed by atoms with Crippen LogP contribution in [0.2, 0.25) is 0 Å². The number of aliphatic hydroxyl groups is 1. The van der Waals surface area contributed by atoms with Gasteiger partial charge in [0.05, 0.1) is 6.10 Å². The predicted molar refractivity (Wildman–Crippen MR) is 57.0 cm³/mol. The molecule has 3 unspecified atom stereocenters. The summed E-state index contributed by atoms with van der Waals surface area (Å²) in [6, 6.07) is 10.4. The van der Waals surface area contributed by atoms with Crippen molar-refractivity contribution < 1.29 is 5.11 Å². The second-order valence-corrected chi connectivity index (χ2v) is 4.06. The fourth-order valence-electron chi connectivity index (χ4n) is 2.11. The van der Waals surface area contributed by atoms with Crippen LogP contribution in [-0.2, 0) is 0 Å². The van der Waals surface area contributed by atoms with Gasteiger partial charge in [0, 0.05) is 0 Å². The second-order valence-electron chi connectivity index (χ2n) is 4.06. The Labute approximate surface area is 84.7 Å². The van der Waals surface area contributed by atoms with Crippen LogP contribution >= 0.6 is 0 Å². The van der Waals surface area contributed by atoms with Gasteiger partial charge in [-0.2, -0.15) is 0 Å². The summed E-state index contributed by atoms with van der Waals surface area (Å²) in [5.74, 6) is 1.01. The smallest absolute Gasteiger partial charge is 0.0586 e. The van der Waals surface area contributed by atoms with Gasteiger partial charge in [-0.3, -0.25) is 0 Å². The highest BCUT2D eigenvalue weighted by Crippen LogP contribution is 2.49. The molecule has 1 aromatic carbocycles. The lowest BCUT2D eigenvalue weighted by Gasteiger charge is -2.08. The zero-order valence-corrected chi connectivity index (χ0v) is 8.26. The Morgan fingerprint density at radius 1 is 1.36 bits per heavy atom. The van der Waals surface area contributed by atoms with Crippen molar-refractivity contribution in [3.63, 3.8) is 0 Å². The van der Waals surface area contributed by atoms with E-state index in [1.807, 2.05) is 6.07 Å². The molecular weight excluding hydrogens is 174 g/mol. The monoisotopic (exact) mass is 191 g/mol. The standard InChI is InChI=1S/C12H17NO/c13-7-6-12(14)11-8-10(11)9-4-2-1-3-5-9/h1-5,10-12,14H,6-8,13H2. The van der Waals surface area contributed by atoms with E-state index in [2.05, 4.69) is 24.3 Å². The number of hydrogen-bond donors (Lipinski definition) is 2. The van der Waals surface area contributed by atoms with E-state index in [0.29, 0.717) is 18.4 Å². The summed E-state index contributed by atoms with van der Waals surface area (Å²) in [5.41, 5.74) is 6.77. The van der Waals surface area contributed by atoms with Crippen LogP contribution in [0, 0.1) is 5.92 Å². The van der Waals surface area contributed by atoms with Gasteiger partial charge in [-0.15, -0.1) is 0 Å². The van der Waals surface area contributed by atoms with Crippen molar-refractivity contribution in [2.24, 2.45) is 11.7 Å². The fourth-order valence-corrected chi connectivity index (χ4v) is 2.11. The summed E-state index contributed by atoms with van der Waals surface area (Å²) < 4.78 is 0. The summed E-state index contributed by atoms with van der Waals surface area (Å²) in [6.45, 7) is 0.583. The molecule has 0 aromatic heterocycles. The Balaban J connectivity index is 1.93. The minimum atomic E-state index is -0.204. The zero-order chi connectivity index (χ0) is 9.97. The Hall–Kier alpha value is -0.860. The summed E-state index contributed by atoms with van der Waals surface area (Å²) in [7, 11) is 0. The van der Waals surface area contributed by atoms with E-state index in [4.69, 9.17) is 5.73 Å². The van der Waals surface area contributed by atoms with Crippen LogP contribution in [0.1, 0.15) is 24.3 Å². The lowest BCUT2D eigenvalue weighted by molar-refractivity contribution is 0.142. The number of aliphatic hydroxyl groups excluding tert-OH is 1. The van der Waals surface area contributed by atoms with Gasteiger partial charge < -0.3 is 10.8 Å². The van der Waals surface area contributed by atoms with Crippen LogP contribution in [0.4, 0.5) is 0 Å². The van der Waals surface area contributed by atoms with Crippen molar-refractivity contribution in [1.29, 1.82) is 0 Å². The van der Waals surface area contributed by atoms with Gasteiger partial charge in [-0.25, -0.2) is 0 Å². The van der Waals surface area contributed by atoms with E-state index >= 15 is 0 Å².